The standard InChI is InChI=1S/C35H34FNO6/c1-4-43-32(39)26-21-37(24-16-17-24)29-25(30(26)38)20-27(36)28(31(29)41-2)35(33(40)42-3)19-11-18-34(35,22-12-7-5-8-13-22)23-14-9-6-10-15-23/h5-10,12-15,20-21,24H,4,11,16-19H2,1-3H3. The van der Waals surface area contributed by atoms with Gasteiger partial charge in [-0.3, -0.25) is 9.59 Å². The topological polar surface area (TPSA) is 83.8 Å². The van der Waals surface area contributed by atoms with Crippen molar-refractivity contribution in [3.63, 3.8) is 0 Å². The SMILES string of the molecule is CCOC(=O)c1cn(C2CC2)c2c(OC)c(C3(C(=O)OC)CCCC3(c3ccccc3)c3ccccc3)c(F)cc2c1=O. The Morgan fingerprint density at radius 2 is 1.60 bits per heavy atom. The third-order valence-electron chi connectivity index (χ3n) is 9.19. The molecule has 1 atom stereocenters. The van der Waals surface area contributed by atoms with Crippen molar-refractivity contribution in [1.82, 2.24) is 4.57 Å². The molecule has 3 aromatic carbocycles. The van der Waals surface area contributed by atoms with Gasteiger partial charge in [-0.25, -0.2) is 9.18 Å². The van der Waals surface area contributed by atoms with E-state index in [4.69, 9.17) is 14.2 Å². The molecule has 0 amide bonds. The first-order valence-corrected chi connectivity index (χ1v) is 14.7. The predicted octanol–water partition coefficient (Wildman–Crippen LogP) is 6.24. The molecule has 0 aliphatic heterocycles. The number of aromatic nitrogens is 1. The highest BCUT2D eigenvalue weighted by Crippen LogP contribution is 2.62. The first kappa shape index (κ1) is 28.6. The summed E-state index contributed by atoms with van der Waals surface area (Å²) < 4.78 is 35.6. The van der Waals surface area contributed by atoms with Gasteiger partial charge in [-0.2, -0.15) is 0 Å². The summed E-state index contributed by atoms with van der Waals surface area (Å²) in [6.45, 7) is 1.76. The number of nitrogens with zero attached hydrogens (tertiary/aromatic N) is 1. The summed E-state index contributed by atoms with van der Waals surface area (Å²) in [4.78, 5) is 40.9. The molecule has 0 spiro atoms. The number of methoxy groups -OCH3 is 2. The molecule has 1 unspecified atom stereocenters. The van der Waals surface area contributed by atoms with E-state index in [1.165, 1.54) is 20.4 Å². The Hall–Kier alpha value is -4.46. The van der Waals surface area contributed by atoms with E-state index in [1.807, 2.05) is 65.2 Å². The average Bonchev–Trinajstić information content (AvgIpc) is 3.80. The van der Waals surface area contributed by atoms with E-state index >= 15 is 4.39 Å². The number of fused-ring (bicyclic) bond motifs is 1. The van der Waals surface area contributed by atoms with E-state index in [9.17, 15) is 14.4 Å². The van der Waals surface area contributed by atoms with Gasteiger partial charge in [0.1, 0.15) is 16.8 Å². The van der Waals surface area contributed by atoms with Crippen LogP contribution in [0.15, 0.2) is 77.7 Å². The van der Waals surface area contributed by atoms with Crippen molar-refractivity contribution in [2.24, 2.45) is 0 Å². The molecule has 1 aromatic heterocycles. The maximum atomic E-state index is 17.0. The summed E-state index contributed by atoms with van der Waals surface area (Å²) >= 11 is 0. The number of halogens is 1. The number of esters is 2. The molecule has 2 saturated carbocycles. The van der Waals surface area contributed by atoms with Crippen molar-refractivity contribution in [1.29, 1.82) is 0 Å². The van der Waals surface area contributed by atoms with Gasteiger partial charge in [0.25, 0.3) is 0 Å². The number of carbonyl (C=O) groups excluding carboxylic acids is 2. The van der Waals surface area contributed by atoms with Gasteiger partial charge in [0.2, 0.25) is 5.43 Å². The molecule has 7 nitrogen and oxygen atoms in total. The van der Waals surface area contributed by atoms with Crippen molar-refractivity contribution in [2.45, 2.75) is 55.9 Å². The van der Waals surface area contributed by atoms with Crippen molar-refractivity contribution in [2.75, 3.05) is 20.8 Å². The van der Waals surface area contributed by atoms with E-state index < -0.39 is 34.0 Å². The van der Waals surface area contributed by atoms with Crippen LogP contribution in [0, 0.1) is 5.82 Å². The second-order valence-corrected chi connectivity index (χ2v) is 11.3. The average molecular weight is 584 g/mol. The largest absolute Gasteiger partial charge is 0.494 e. The zero-order valence-electron chi connectivity index (χ0n) is 24.5. The number of hydrogen-bond donors (Lipinski definition) is 0. The zero-order chi connectivity index (χ0) is 30.4. The highest BCUT2D eigenvalue weighted by Gasteiger charge is 2.65. The number of rotatable bonds is 8. The van der Waals surface area contributed by atoms with Crippen molar-refractivity contribution in [3.05, 3.63) is 111 Å². The predicted molar refractivity (Wildman–Crippen MR) is 160 cm³/mol. The molecule has 2 aliphatic carbocycles. The Kier molecular flexibility index (Phi) is 7.32. The Labute approximate surface area is 249 Å². The van der Waals surface area contributed by atoms with E-state index in [-0.39, 0.29) is 41.3 Å². The Morgan fingerprint density at radius 3 is 2.14 bits per heavy atom. The van der Waals surface area contributed by atoms with Gasteiger partial charge < -0.3 is 18.8 Å². The lowest BCUT2D eigenvalue weighted by atomic mass is 9.55. The minimum atomic E-state index is -1.54. The molecule has 43 heavy (non-hydrogen) atoms. The van der Waals surface area contributed by atoms with Gasteiger partial charge in [-0.15, -0.1) is 0 Å². The highest BCUT2D eigenvalue weighted by molar-refractivity contribution is 5.98. The van der Waals surface area contributed by atoms with Crippen LogP contribution in [0.5, 0.6) is 5.75 Å². The lowest BCUT2D eigenvalue weighted by Gasteiger charge is -2.46. The second kappa shape index (κ2) is 11.0. The first-order valence-electron chi connectivity index (χ1n) is 14.7. The fourth-order valence-corrected chi connectivity index (χ4v) is 7.37. The summed E-state index contributed by atoms with van der Waals surface area (Å²) in [5, 5.41) is -0.00131. The monoisotopic (exact) mass is 583 g/mol. The molecule has 6 rings (SSSR count). The van der Waals surface area contributed by atoms with Crippen LogP contribution in [0.4, 0.5) is 4.39 Å². The summed E-state index contributed by atoms with van der Waals surface area (Å²) in [7, 11) is 2.74. The lowest BCUT2D eigenvalue weighted by molar-refractivity contribution is -0.149. The molecule has 0 saturated heterocycles. The molecule has 1 heterocycles. The van der Waals surface area contributed by atoms with Gasteiger partial charge in [-0.05, 0) is 49.8 Å². The van der Waals surface area contributed by atoms with Gasteiger partial charge in [0, 0.05) is 17.7 Å². The van der Waals surface area contributed by atoms with Crippen LogP contribution in [-0.4, -0.2) is 37.3 Å². The van der Waals surface area contributed by atoms with Crippen LogP contribution in [0.2, 0.25) is 0 Å². The van der Waals surface area contributed by atoms with Crippen molar-refractivity contribution in [3.8, 4) is 5.75 Å². The van der Waals surface area contributed by atoms with E-state index in [0.29, 0.717) is 18.4 Å². The zero-order valence-corrected chi connectivity index (χ0v) is 24.5. The molecule has 0 N–H and O–H groups in total. The molecule has 4 aromatic rings. The maximum Gasteiger partial charge on any atom is 0.343 e. The Morgan fingerprint density at radius 1 is 0.977 bits per heavy atom. The molecular formula is C35H34FNO6. The summed E-state index contributed by atoms with van der Waals surface area (Å²) in [5.41, 5.74) is -1.27. The molecule has 8 heteroatoms. The smallest absolute Gasteiger partial charge is 0.343 e. The number of ether oxygens (including phenoxy) is 3. The molecule has 0 bridgehead atoms. The minimum absolute atomic E-state index is 0.00131. The van der Waals surface area contributed by atoms with Crippen LogP contribution >= 0.6 is 0 Å². The highest BCUT2D eigenvalue weighted by atomic mass is 19.1. The molecule has 222 valence electrons. The minimum Gasteiger partial charge on any atom is -0.494 e. The van der Waals surface area contributed by atoms with E-state index in [1.54, 1.807) is 6.92 Å². The second-order valence-electron chi connectivity index (χ2n) is 11.3. The van der Waals surface area contributed by atoms with E-state index in [0.717, 1.165) is 30.0 Å². The van der Waals surface area contributed by atoms with Crippen LogP contribution in [0.25, 0.3) is 10.9 Å². The summed E-state index contributed by atoms with van der Waals surface area (Å²) in [5.74, 6) is -2.02. The first-order chi connectivity index (χ1) is 20.8. The van der Waals surface area contributed by atoms with Gasteiger partial charge in [0.15, 0.2) is 5.75 Å². The third kappa shape index (κ3) is 4.18. The van der Waals surface area contributed by atoms with Crippen molar-refractivity contribution < 1.29 is 28.2 Å². The van der Waals surface area contributed by atoms with Crippen LogP contribution in [0.3, 0.4) is 0 Å². The summed E-state index contributed by atoms with van der Waals surface area (Å²) in [6, 6.07) is 20.5. The lowest BCUT2D eigenvalue weighted by Crippen LogP contribution is -2.53. The molecule has 0 radical (unpaired) electrons. The van der Waals surface area contributed by atoms with Crippen LogP contribution in [0.1, 0.15) is 72.1 Å². The van der Waals surface area contributed by atoms with Gasteiger partial charge in [0.05, 0.1) is 37.3 Å². The fourth-order valence-electron chi connectivity index (χ4n) is 7.37. The van der Waals surface area contributed by atoms with Gasteiger partial charge in [-0.1, -0.05) is 67.1 Å². The quantitative estimate of drug-likeness (QED) is 0.228. The Balaban J connectivity index is 1.77. The van der Waals surface area contributed by atoms with Gasteiger partial charge >= 0.3 is 11.9 Å². The number of hydrogen-bond acceptors (Lipinski definition) is 6. The number of benzene rings is 3. The van der Waals surface area contributed by atoms with Crippen molar-refractivity contribution >= 4 is 22.8 Å². The fraction of sp³-hybridized carbons (Fsp3) is 0.343. The van der Waals surface area contributed by atoms with Crippen LogP contribution in [-0.2, 0) is 25.1 Å². The van der Waals surface area contributed by atoms with Crippen LogP contribution < -0.4 is 10.2 Å². The molecule has 2 aliphatic rings. The normalized spacial score (nSPS) is 19.3. The molecular weight excluding hydrogens is 549 g/mol. The van der Waals surface area contributed by atoms with E-state index in [2.05, 4.69) is 0 Å². The number of pyridine rings is 1. The Bertz CT molecular complexity index is 1720. The third-order valence-corrected chi connectivity index (χ3v) is 9.19. The maximum absolute atomic E-state index is 17.0. The number of carbonyl (C=O) groups is 2. The molecule has 2 fully saturated rings. The summed E-state index contributed by atoms with van der Waals surface area (Å²) in [6.07, 6.45) is 4.57.